The van der Waals surface area contributed by atoms with Gasteiger partial charge in [-0.1, -0.05) is 12.1 Å². The third-order valence-electron chi connectivity index (χ3n) is 6.99. The zero-order valence-electron chi connectivity index (χ0n) is 19.6. The molecule has 4 rings (SSSR count). The Bertz CT molecular complexity index is 1180. The van der Waals surface area contributed by atoms with Gasteiger partial charge in [-0.2, -0.15) is 0 Å². The number of carboxylic acid groups (broad SMARTS) is 1. The van der Waals surface area contributed by atoms with Gasteiger partial charge in [-0.25, -0.2) is 4.68 Å². The number of nitrogens with one attached hydrogen (secondary N) is 1. The van der Waals surface area contributed by atoms with Gasteiger partial charge >= 0.3 is 5.97 Å². The first-order chi connectivity index (χ1) is 16.1. The summed E-state index contributed by atoms with van der Waals surface area (Å²) in [5, 5.41) is 31.3. The monoisotopic (exact) mass is 489 g/mol. The predicted octanol–water partition coefficient (Wildman–Crippen LogP) is 4.20. The lowest BCUT2D eigenvalue weighted by Crippen LogP contribution is -2.36. The molecule has 10 nitrogen and oxygen atoms in total. The number of azo groups is 1. The van der Waals surface area contributed by atoms with Gasteiger partial charge in [0.15, 0.2) is 5.69 Å². The maximum Gasteiger partial charge on any atom is 0.317 e. The fraction of sp³-hybridized carbons (Fsp3) is 0.565. The second-order valence-electron chi connectivity index (χ2n) is 9.59. The van der Waals surface area contributed by atoms with Crippen molar-refractivity contribution < 1.29 is 19.6 Å². The first kappa shape index (κ1) is 24.4. The van der Waals surface area contributed by atoms with E-state index in [1.54, 1.807) is 23.7 Å². The number of aryl methyl sites for hydroxylation is 1. The highest BCUT2D eigenvalue weighted by atomic mass is 31.2. The lowest BCUT2D eigenvalue weighted by atomic mass is 9.88. The van der Waals surface area contributed by atoms with Crippen molar-refractivity contribution in [2.45, 2.75) is 44.6 Å². The number of piperidine rings is 1. The molecule has 2 aliphatic rings. The molecule has 184 valence electrons. The van der Waals surface area contributed by atoms with E-state index < -0.39 is 13.1 Å². The molecule has 34 heavy (non-hydrogen) atoms. The van der Waals surface area contributed by atoms with Crippen LogP contribution in [0.2, 0.25) is 0 Å². The number of rotatable bonds is 6. The van der Waals surface area contributed by atoms with Gasteiger partial charge in [0.2, 0.25) is 0 Å². The van der Waals surface area contributed by atoms with E-state index in [4.69, 9.17) is 5.11 Å². The zero-order chi connectivity index (χ0) is 24.5. The number of aromatic hydroxyl groups is 1. The lowest BCUT2D eigenvalue weighted by Gasteiger charge is -2.31. The van der Waals surface area contributed by atoms with Crippen LogP contribution in [0, 0.1) is 6.92 Å². The molecule has 3 N–H and O–H groups in total. The van der Waals surface area contributed by atoms with Crippen molar-refractivity contribution in [1.29, 1.82) is 0 Å². The average molecular weight is 490 g/mol. The molecule has 0 bridgehead atoms. The maximum absolute atomic E-state index is 13.0. The minimum atomic E-state index is -2.08. The Morgan fingerprint density at radius 3 is 2.50 bits per heavy atom. The Kier molecular flexibility index (Phi) is 7.09. The molecule has 2 fully saturated rings. The standard InChI is InChI=1S/C23H32N5O5P/c1-15-21(23(32)28(26-15)17-8-12-34(2,33)13-9-17)25-24-19-5-3-4-18(22(19)31)16-6-10-27(11-7-16)14-20(29)30/h3-5,16-17,26,31H,6-14H2,1-2H3,(H,29,30). The number of H-pyrrole nitrogens is 1. The second-order valence-corrected chi connectivity index (χ2v) is 13.1. The molecule has 0 atom stereocenters. The normalized spacial score (nSPS) is 24.6. The zero-order valence-corrected chi connectivity index (χ0v) is 20.5. The summed E-state index contributed by atoms with van der Waals surface area (Å²) < 4.78 is 13.9. The van der Waals surface area contributed by atoms with E-state index in [2.05, 4.69) is 15.3 Å². The average Bonchev–Trinajstić information content (AvgIpc) is 3.07. The van der Waals surface area contributed by atoms with Gasteiger partial charge in [-0.15, -0.1) is 10.2 Å². The first-order valence-electron chi connectivity index (χ1n) is 11.7. The smallest absolute Gasteiger partial charge is 0.317 e. The number of nitrogens with zero attached hydrogens (tertiary/aromatic N) is 4. The molecule has 2 aliphatic heterocycles. The molecular formula is C23H32N5O5P. The summed E-state index contributed by atoms with van der Waals surface area (Å²) >= 11 is 0. The number of hydrogen-bond donors (Lipinski definition) is 3. The van der Waals surface area contributed by atoms with Crippen molar-refractivity contribution in [3.63, 3.8) is 0 Å². The van der Waals surface area contributed by atoms with Gasteiger partial charge < -0.3 is 14.8 Å². The fourth-order valence-electron chi connectivity index (χ4n) is 4.95. The summed E-state index contributed by atoms with van der Waals surface area (Å²) in [5.41, 5.74) is 1.60. The number of aromatic amines is 1. The first-order valence-corrected chi connectivity index (χ1v) is 14.2. The molecule has 1 aromatic carbocycles. The van der Waals surface area contributed by atoms with Gasteiger partial charge in [0.05, 0.1) is 25.4 Å². The van der Waals surface area contributed by atoms with Crippen LogP contribution in [0.1, 0.15) is 48.9 Å². The van der Waals surface area contributed by atoms with Crippen LogP contribution in [0.5, 0.6) is 5.75 Å². The molecular weight excluding hydrogens is 457 g/mol. The van der Waals surface area contributed by atoms with Gasteiger partial charge in [-0.05, 0) is 69.9 Å². The van der Waals surface area contributed by atoms with E-state index in [1.807, 2.05) is 17.6 Å². The third-order valence-corrected chi connectivity index (χ3v) is 9.40. The van der Waals surface area contributed by atoms with Gasteiger partial charge in [0.1, 0.15) is 11.4 Å². The van der Waals surface area contributed by atoms with E-state index in [1.165, 1.54) is 0 Å². The quantitative estimate of drug-likeness (QED) is 0.410. The SMILES string of the molecule is Cc1[nH]n(C2CCP(C)(=O)CC2)c(=O)c1N=Nc1cccc(C2CCN(CC(=O)O)CC2)c1O. The molecule has 0 spiro atoms. The van der Waals surface area contributed by atoms with Crippen molar-refractivity contribution in [1.82, 2.24) is 14.7 Å². The van der Waals surface area contributed by atoms with Crippen LogP contribution in [-0.2, 0) is 9.36 Å². The number of phenolic OH excluding ortho intramolecular Hbond substituents is 1. The number of phenols is 1. The molecule has 0 saturated carbocycles. The fourth-order valence-corrected chi connectivity index (χ4v) is 6.86. The number of carboxylic acids is 1. The Balaban J connectivity index is 1.50. The van der Waals surface area contributed by atoms with Crippen LogP contribution < -0.4 is 5.56 Å². The maximum atomic E-state index is 13.0. The van der Waals surface area contributed by atoms with Crippen LogP contribution in [0.4, 0.5) is 11.4 Å². The molecule has 0 aliphatic carbocycles. The minimum absolute atomic E-state index is 0.0269. The van der Waals surface area contributed by atoms with Crippen molar-refractivity contribution >= 4 is 24.5 Å². The number of aromatic nitrogens is 2. The van der Waals surface area contributed by atoms with E-state index in [9.17, 15) is 19.3 Å². The molecule has 2 aromatic rings. The van der Waals surface area contributed by atoms with Crippen LogP contribution in [0.3, 0.4) is 0 Å². The molecule has 0 radical (unpaired) electrons. The van der Waals surface area contributed by atoms with Crippen LogP contribution in [-0.4, -0.2) is 69.5 Å². The molecule has 1 aromatic heterocycles. The highest BCUT2D eigenvalue weighted by Gasteiger charge is 2.29. The number of benzene rings is 1. The highest BCUT2D eigenvalue weighted by Crippen LogP contribution is 2.49. The number of carbonyl (C=O) groups is 1. The Morgan fingerprint density at radius 2 is 1.85 bits per heavy atom. The number of aliphatic carboxylic acids is 1. The number of para-hydroxylation sites is 1. The van der Waals surface area contributed by atoms with Gasteiger partial charge in [-0.3, -0.25) is 19.6 Å². The molecule has 0 unspecified atom stereocenters. The molecule has 0 amide bonds. The number of likely N-dealkylation sites (tertiary alicyclic amines) is 1. The Labute approximate surface area is 198 Å². The topological polar surface area (TPSA) is 140 Å². The summed E-state index contributed by atoms with van der Waals surface area (Å²) in [6.45, 7) is 4.92. The van der Waals surface area contributed by atoms with Crippen molar-refractivity contribution in [2.75, 3.05) is 38.6 Å². The summed E-state index contributed by atoms with van der Waals surface area (Å²) in [5.74, 6) is -0.689. The molecule has 3 heterocycles. The van der Waals surface area contributed by atoms with E-state index in [0.717, 1.165) is 18.4 Å². The lowest BCUT2D eigenvalue weighted by molar-refractivity contribution is -0.138. The predicted molar refractivity (Wildman–Crippen MR) is 130 cm³/mol. The summed E-state index contributed by atoms with van der Waals surface area (Å²) in [7, 11) is -2.08. The largest absolute Gasteiger partial charge is 0.505 e. The van der Waals surface area contributed by atoms with Crippen LogP contribution in [0.15, 0.2) is 33.2 Å². The van der Waals surface area contributed by atoms with E-state index in [0.29, 0.717) is 49.6 Å². The van der Waals surface area contributed by atoms with E-state index in [-0.39, 0.29) is 35.5 Å². The summed E-state index contributed by atoms with van der Waals surface area (Å²) in [6, 6.07) is 5.29. The summed E-state index contributed by atoms with van der Waals surface area (Å²) in [4.78, 5) is 25.8. The number of hydrogen-bond acceptors (Lipinski definition) is 7. The van der Waals surface area contributed by atoms with Crippen LogP contribution >= 0.6 is 7.14 Å². The van der Waals surface area contributed by atoms with Gasteiger partial charge in [0.25, 0.3) is 5.56 Å². The second kappa shape index (κ2) is 9.88. The molecule has 11 heteroatoms. The highest BCUT2D eigenvalue weighted by molar-refractivity contribution is 7.63. The Hall–Kier alpha value is -2.71. The molecule has 2 saturated heterocycles. The van der Waals surface area contributed by atoms with Crippen LogP contribution in [0.25, 0.3) is 0 Å². The Morgan fingerprint density at radius 1 is 1.18 bits per heavy atom. The van der Waals surface area contributed by atoms with Crippen molar-refractivity contribution in [3.05, 3.63) is 39.8 Å². The van der Waals surface area contributed by atoms with E-state index >= 15 is 0 Å². The minimum Gasteiger partial charge on any atom is -0.505 e. The van der Waals surface area contributed by atoms with Crippen molar-refractivity contribution in [2.24, 2.45) is 10.2 Å². The summed E-state index contributed by atoms with van der Waals surface area (Å²) in [6.07, 6.45) is 4.14. The van der Waals surface area contributed by atoms with Gasteiger partial charge in [0, 0.05) is 12.3 Å². The third kappa shape index (κ3) is 5.33. The van der Waals surface area contributed by atoms with Crippen molar-refractivity contribution in [3.8, 4) is 5.75 Å².